The molecule has 3 nitrogen and oxygen atoms in total. The van der Waals surface area contributed by atoms with E-state index in [9.17, 15) is 4.79 Å². The number of halogens is 3. The van der Waals surface area contributed by atoms with Crippen LogP contribution < -0.4 is 0 Å². The van der Waals surface area contributed by atoms with Crippen LogP contribution in [-0.4, -0.2) is 22.3 Å². The number of fused-ring (bicyclic) bond motifs is 1. The number of nitrogens with zero attached hydrogens (tertiary/aromatic N) is 2. The average molecular weight is 459 g/mol. The average Bonchev–Trinajstić information content (AvgIpc) is 2.55. The Hall–Kier alpha value is -1.11. The summed E-state index contributed by atoms with van der Waals surface area (Å²) in [7, 11) is 0. The zero-order valence-corrected chi connectivity index (χ0v) is 15.8. The maximum Gasteiger partial charge on any atom is 0.246 e. The minimum Gasteiger partial charge on any atom is -0.334 e. The zero-order valence-electron chi connectivity index (χ0n) is 12.1. The van der Waals surface area contributed by atoms with E-state index in [0.29, 0.717) is 23.1 Å². The lowest BCUT2D eigenvalue weighted by Crippen LogP contribution is -2.38. The van der Waals surface area contributed by atoms with Gasteiger partial charge in [0.25, 0.3) is 0 Å². The maximum absolute atomic E-state index is 12.1. The van der Waals surface area contributed by atoms with Crippen LogP contribution in [0.5, 0.6) is 0 Å². The Bertz CT molecular complexity index is 794. The lowest BCUT2D eigenvalue weighted by atomic mass is 9.87. The fraction of sp³-hybridized carbons (Fsp3) is 0.176. The first-order valence-electron chi connectivity index (χ1n) is 7.01. The van der Waals surface area contributed by atoms with Crippen molar-refractivity contribution >= 4 is 51.7 Å². The topological polar surface area (TPSA) is 33.2 Å². The Morgan fingerprint density at radius 2 is 2.13 bits per heavy atom. The van der Waals surface area contributed by atoms with Crippen LogP contribution in [0.3, 0.4) is 0 Å². The molecule has 2 heterocycles. The van der Waals surface area contributed by atoms with E-state index in [0.717, 1.165) is 20.4 Å². The molecule has 0 aliphatic carbocycles. The second-order valence-corrected chi connectivity index (χ2v) is 7.29. The van der Waals surface area contributed by atoms with Crippen molar-refractivity contribution in [3.8, 4) is 0 Å². The first-order valence-corrected chi connectivity index (χ1v) is 8.84. The fourth-order valence-electron chi connectivity index (χ4n) is 2.84. The molecular formula is C17H13Cl2IN2O. The highest BCUT2D eigenvalue weighted by Gasteiger charge is 2.31. The summed E-state index contributed by atoms with van der Waals surface area (Å²) in [5, 5.41) is 1.01. The van der Waals surface area contributed by atoms with Gasteiger partial charge in [-0.15, -0.1) is 0 Å². The molecule has 0 N–H and O–H groups in total. The summed E-state index contributed by atoms with van der Waals surface area (Å²) in [6.07, 6.45) is 3.10. The van der Waals surface area contributed by atoms with E-state index in [1.54, 1.807) is 11.1 Å². The molecule has 1 aromatic heterocycles. The molecule has 0 saturated carbocycles. The summed E-state index contributed by atoms with van der Waals surface area (Å²) in [5.41, 5.74) is 3.01. The van der Waals surface area contributed by atoms with Crippen LogP contribution in [0, 0.1) is 3.57 Å². The van der Waals surface area contributed by atoms with Gasteiger partial charge in [0.2, 0.25) is 5.91 Å². The van der Waals surface area contributed by atoms with Gasteiger partial charge >= 0.3 is 0 Å². The molecule has 23 heavy (non-hydrogen) atoms. The largest absolute Gasteiger partial charge is 0.334 e. The summed E-state index contributed by atoms with van der Waals surface area (Å²) < 4.78 is 1.06. The highest BCUT2D eigenvalue weighted by molar-refractivity contribution is 14.1. The van der Waals surface area contributed by atoms with Crippen molar-refractivity contribution in [2.45, 2.75) is 12.5 Å². The monoisotopic (exact) mass is 458 g/mol. The van der Waals surface area contributed by atoms with Gasteiger partial charge in [0.1, 0.15) is 0 Å². The van der Waals surface area contributed by atoms with Crippen molar-refractivity contribution in [2.75, 3.05) is 6.54 Å². The van der Waals surface area contributed by atoms with E-state index in [4.69, 9.17) is 23.2 Å². The van der Waals surface area contributed by atoms with Gasteiger partial charge in [-0.05, 0) is 64.1 Å². The summed E-state index contributed by atoms with van der Waals surface area (Å²) in [6.45, 7) is 4.62. The molecule has 0 radical (unpaired) electrons. The number of hydrogen-bond donors (Lipinski definition) is 0. The third-order valence-corrected chi connectivity index (χ3v) is 5.56. The number of carbonyl (C=O) groups is 1. The number of amides is 1. The first kappa shape index (κ1) is 16.7. The molecule has 0 unspecified atom stereocenters. The molecule has 1 aromatic carbocycles. The number of aromatic nitrogens is 1. The Kier molecular flexibility index (Phi) is 4.94. The fourth-order valence-corrected chi connectivity index (χ4v) is 3.92. The molecule has 2 aromatic rings. The van der Waals surface area contributed by atoms with Gasteiger partial charge in [0.05, 0.1) is 15.7 Å². The van der Waals surface area contributed by atoms with Crippen molar-refractivity contribution in [3.05, 3.63) is 73.6 Å². The van der Waals surface area contributed by atoms with Crippen molar-refractivity contribution in [3.63, 3.8) is 0 Å². The summed E-state index contributed by atoms with van der Waals surface area (Å²) in [6, 6.07) is 7.64. The van der Waals surface area contributed by atoms with E-state index in [-0.39, 0.29) is 11.8 Å². The molecule has 1 aliphatic rings. The minimum atomic E-state index is -0.0994. The Morgan fingerprint density at radius 3 is 2.83 bits per heavy atom. The third-order valence-electron chi connectivity index (χ3n) is 3.93. The number of pyridine rings is 1. The van der Waals surface area contributed by atoms with Crippen molar-refractivity contribution < 1.29 is 4.79 Å². The van der Waals surface area contributed by atoms with Crippen LogP contribution in [0.1, 0.15) is 22.7 Å². The molecule has 1 atom stereocenters. The molecular weight excluding hydrogens is 446 g/mol. The molecule has 0 fully saturated rings. The van der Waals surface area contributed by atoms with E-state index in [1.165, 1.54) is 6.08 Å². The Balaban J connectivity index is 2.15. The van der Waals surface area contributed by atoms with E-state index in [1.807, 2.05) is 24.3 Å². The number of hydrogen-bond acceptors (Lipinski definition) is 2. The van der Waals surface area contributed by atoms with E-state index < -0.39 is 0 Å². The maximum atomic E-state index is 12.1. The normalized spacial score (nSPS) is 16.8. The minimum absolute atomic E-state index is 0.0366. The number of benzene rings is 1. The van der Waals surface area contributed by atoms with Gasteiger partial charge in [-0.2, -0.15) is 0 Å². The number of carbonyl (C=O) groups excluding carboxylic acids is 1. The van der Waals surface area contributed by atoms with Crippen LogP contribution in [-0.2, 0) is 11.3 Å². The van der Waals surface area contributed by atoms with E-state index >= 15 is 0 Å². The third kappa shape index (κ3) is 3.25. The SMILES string of the molecule is C=CC(=O)N1Cc2cc(Cl)c(Cl)cc2[C@@H](c2ncccc2I)C1. The summed E-state index contributed by atoms with van der Waals surface area (Å²) in [5.74, 6) is -0.136. The van der Waals surface area contributed by atoms with Gasteiger partial charge in [-0.25, -0.2) is 0 Å². The van der Waals surface area contributed by atoms with Crippen LogP contribution in [0.15, 0.2) is 43.1 Å². The highest BCUT2D eigenvalue weighted by Crippen LogP contribution is 2.38. The molecule has 0 bridgehead atoms. The molecule has 0 saturated heterocycles. The summed E-state index contributed by atoms with van der Waals surface area (Å²) >= 11 is 14.6. The summed E-state index contributed by atoms with van der Waals surface area (Å²) in [4.78, 5) is 18.4. The molecule has 1 amide bonds. The first-order chi connectivity index (χ1) is 11.0. The number of rotatable bonds is 2. The van der Waals surface area contributed by atoms with Gasteiger partial charge in [-0.3, -0.25) is 9.78 Å². The van der Waals surface area contributed by atoms with E-state index in [2.05, 4.69) is 34.2 Å². The van der Waals surface area contributed by atoms with Crippen LogP contribution in [0.4, 0.5) is 0 Å². The quantitative estimate of drug-likeness (QED) is 0.484. The molecule has 1 aliphatic heterocycles. The Morgan fingerprint density at radius 1 is 1.39 bits per heavy atom. The predicted molar refractivity (Wildman–Crippen MR) is 101 cm³/mol. The zero-order chi connectivity index (χ0) is 16.6. The highest BCUT2D eigenvalue weighted by atomic mass is 127. The molecule has 118 valence electrons. The van der Waals surface area contributed by atoms with Gasteiger partial charge in [0.15, 0.2) is 0 Å². The van der Waals surface area contributed by atoms with Gasteiger partial charge in [-0.1, -0.05) is 29.8 Å². The predicted octanol–water partition coefficient (Wildman–Crippen LogP) is 4.65. The smallest absolute Gasteiger partial charge is 0.246 e. The van der Waals surface area contributed by atoms with Crippen LogP contribution in [0.2, 0.25) is 10.0 Å². The van der Waals surface area contributed by atoms with Crippen LogP contribution >= 0.6 is 45.8 Å². The van der Waals surface area contributed by atoms with Crippen LogP contribution in [0.25, 0.3) is 0 Å². The van der Waals surface area contributed by atoms with Crippen molar-refractivity contribution in [2.24, 2.45) is 0 Å². The lowest BCUT2D eigenvalue weighted by molar-refractivity contribution is -0.127. The van der Waals surface area contributed by atoms with Gasteiger partial charge < -0.3 is 4.90 Å². The molecule has 3 rings (SSSR count). The second-order valence-electron chi connectivity index (χ2n) is 5.31. The Labute approximate surface area is 158 Å². The second kappa shape index (κ2) is 6.79. The lowest BCUT2D eigenvalue weighted by Gasteiger charge is -2.34. The molecule has 6 heteroatoms. The van der Waals surface area contributed by atoms with Crippen molar-refractivity contribution in [1.29, 1.82) is 0 Å². The molecule has 0 spiro atoms. The standard InChI is InChI=1S/C17H13Cl2IN2O/c1-2-16(23)22-8-10-6-13(18)14(19)7-11(10)12(9-22)17-15(20)4-3-5-21-17/h2-7,12H,1,8-9H2/t12-/m0/s1. The van der Waals surface area contributed by atoms with Gasteiger partial charge in [0, 0.05) is 28.8 Å². The van der Waals surface area contributed by atoms with Crippen molar-refractivity contribution in [1.82, 2.24) is 9.88 Å².